The lowest BCUT2D eigenvalue weighted by Gasteiger charge is -2.18. The predicted octanol–water partition coefficient (Wildman–Crippen LogP) is 7.09. The molecule has 32 heavy (non-hydrogen) atoms. The van der Waals surface area contributed by atoms with Crippen molar-refractivity contribution in [1.82, 2.24) is 5.32 Å². The fourth-order valence-corrected chi connectivity index (χ4v) is 3.27. The second kappa shape index (κ2) is 11.0. The van der Waals surface area contributed by atoms with Gasteiger partial charge in [0, 0.05) is 0 Å². The molecule has 2 aromatic rings. The Morgan fingerprint density at radius 3 is 2.06 bits per heavy atom. The molecule has 0 aliphatic carbocycles. The molecule has 0 aliphatic heterocycles. The Morgan fingerprint density at radius 1 is 1.03 bits per heavy atom. The van der Waals surface area contributed by atoms with E-state index in [-0.39, 0.29) is 38.6 Å². The first-order chi connectivity index (χ1) is 14.3. The average Bonchev–Trinajstić information content (AvgIpc) is 2.64. The molecule has 0 heterocycles. The Kier molecular flexibility index (Phi) is 9.74. The minimum Gasteiger partial charge on any atom is -0.340 e. The zero-order chi connectivity index (χ0) is 23.6. The molecule has 0 saturated heterocycles. The molecule has 3 nitrogen and oxygen atoms in total. The summed E-state index contributed by atoms with van der Waals surface area (Å²) in [6.45, 7) is -0.392. The summed E-state index contributed by atoms with van der Waals surface area (Å²) in [5.74, 6) is -3.29. The normalized spacial score (nSPS) is 13.1. The molecule has 2 aromatic carbocycles. The smallest absolute Gasteiger partial charge is 0.340 e. The number of allylic oxidation sites excluding steroid dienone is 1. The maximum Gasteiger partial charge on any atom is 0.417 e. The van der Waals surface area contributed by atoms with Crippen LogP contribution in [0.2, 0.25) is 15.1 Å². The van der Waals surface area contributed by atoms with Crippen LogP contribution in [0.4, 0.5) is 26.3 Å². The number of nitrogens with one attached hydrogen (secondary N) is 1. The van der Waals surface area contributed by atoms with E-state index >= 15 is 0 Å². The highest BCUT2D eigenvalue weighted by molar-refractivity contribution is 6.48. The highest BCUT2D eigenvalue weighted by Gasteiger charge is 2.39. The van der Waals surface area contributed by atoms with E-state index in [4.69, 9.17) is 40.5 Å². The summed E-state index contributed by atoms with van der Waals surface area (Å²) in [5.41, 5.74) is 2.52. The van der Waals surface area contributed by atoms with Gasteiger partial charge in [0.2, 0.25) is 0 Å². The van der Waals surface area contributed by atoms with Crippen molar-refractivity contribution in [3.63, 3.8) is 0 Å². The van der Waals surface area contributed by atoms with Crippen LogP contribution in [0.1, 0.15) is 33.0 Å². The molecule has 0 saturated carbocycles. The summed E-state index contributed by atoms with van der Waals surface area (Å²) in [5, 5.41) is 1.50. The van der Waals surface area contributed by atoms with Gasteiger partial charge in [-0.15, -0.1) is 12.4 Å². The molecule has 0 fully saturated rings. The summed E-state index contributed by atoms with van der Waals surface area (Å²) in [7, 11) is 0. The molecular weight excluding hydrogens is 528 g/mol. The average molecular weight is 542 g/mol. The van der Waals surface area contributed by atoms with Crippen LogP contribution in [0.25, 0.3) is 6.08 Å². The minimum atomic E-state index is -4.92. The van der Waals surface area contributed by atoms with Crippen molar-refractivity contribution in [1.29, 1.82) is 0 Å². The highest BCUT2D eigenvalue weighted by Crippen LogP contribution is 2.41. The van der Waals surface area contributed by atoms with Gasteiger partial charge in [-0.1, -0.05) is 53.0 Å². The van der Waals surface area contributed by atoms with Gasteiger partial charge in [-0.25, -0.2) is 0 Å². The van der Waals surface area contributed by atoms with Gasteiger partial charge >= 0.3 is 12.4 Å². The molecule has 1 atom stereocenters. The zero-order valence-electron chi connectivity index (χ0n) is 15.6. The topological polar surface area (TPSA) is 55.1 Å². The third kappa shape index (κ3) is 6.92. The van der Waals surface area contributed by atoms with Crippen LogP contribution in [-0.2, 0) is 6.18 Å². The number of amides is 1. The third-order valence-corrected chi connectivity index (χ3v) is 5.25. The van der Waals surface area contributed by atoms with Gasteiger partial charge in [0.1, 0.15) is 0 Å². The molecule has 1 amide bonds. The van der Waals surface area contributed by atoms with E-state index in [0.717, 1.165) is 30.3 Å². The van der Waals surface area contributed by atoms with Crippen LogP contribution < -0.4 is 11.1 Å². The summed E-state index contributed by atoms with van der Waals surface area (Å²) in [6.07, 6.45) is -8.21. The van der Waals surface area contributed by atoms with Crippen LogP contribution in [-0.4, -0.2) is 18.8 Å². The van der Waals surface area contributed by atoms with Crippen LogP contribution in [0.3, 0.4) is 0 Å². The summed E-state index contributed by atoms with van der Waals surface area (Å²) in [6, 6.07) is 4.44. The molecule has 13 heteroatoms. The van der Waals surface area contributed by atoms with Crippen molar-refractivity contribution in [3.05, 3.63) is 73.7 Å². The maximum atomic E-state index is 13.6. The molecule has 0 spiro atoms. The van der Waals surface area contributed by atoms with E-state index in [1.165, 1.54) is 0 Å². The van der Waals surface area contributed by atoms with Crippen molar-refractivity contribution in [2.24, 2.45) is 5.73 Å². The van der Waals surface area contributed by atoms with E-state index in [1.807, 2.05) is 5.32 Å². The number of hydrogen-bond donors (Lipinski definition) is 2. The van der Waals surface area contributed by atoms with E-state index in [1.54, 1.807) is 0 Å². The quantitative estimate of drug-likeness (QED) is 0.241. The SMILES string of the molecule is Cl.NCNC(=O)c1ccc(C=CC(c2cc(Cl)c(Cl)c(Cl)c2)C(F)(F)F)cc1C(F)(F)F. The van der Waals surface area contributed by atoms with Crippen LogP contribution in [0, 0.1) is 0 Å². The standard InChI is InChI=1S/C19H13Cl3F6N2O.ClH/c20-14-6-10(7-15(21)16(14)22)12(18(23,24)25)4-2-9-1-3-11(17(31)30-8-29)13(5-9)19(26,27)28;/h1-7,12H,8,29H2,(H,30,31);1H. The lowest BCUT2D eigenvalue weighted by molar-refractivity contribution is -0.139. The van der Waals surface area contributed by atoms with E-state index in [9.17, 15) is 31.1 Å². The Morgan fingerprint density at radius 2 is 1.59 bits per heavy atom. The second-order valence-corrected chi connectivity index (χ2v) is 7.38. The largest absolute Gasteiger partial charge is 0.417 e. The van der Waals surface area contributed by atoms with Gasteiger partial charge in [-0.3, -0.25) is 4.79 Å². The number of rotatable bonds is 5. The molecule has 2 rings (SSSR count). The fraction of sp³-hybridized carbons (Fsp3) is 0.211. The van der Waals surface area contributed by atoms with E-state index < -0.39 is 42.0 Å². The minimum absolute atomic E-state index is 0. The molecule has 176 valence electrons. The van der Waals surface area contributed by atoms with Gasteiger partial charge < -0.3 is 11.1 Å². The zero-order valence-corrected chi connectivity index (χ0v) is 18.7. The van der Waals surface area contributed by atoms with E-state index in [2.05, 4.69) is 0 Å². The summed E-state index contributed by atoms with van der Waals surface area (Å²) >= 11 is 17.3. The Hall–Kier alpha value is -1.65. The number of carbonyl (C=O) groups excluding carboxylic acids is 1. The number of alkyl halides is 6. The number of hydrogen-bond acceptors (Lipinski definition) is 2. The Bertz CT molecular complexity index is 985. The Labute approximate surface area is 199 Å². The number of carbonyl (C=O) groups is 1. The van der Waals surface area contributed by atoms with Gasteiger partial charge in [-0.2, -0.15) is 26.3 Å². The lowest BCUT2D eigenvalue weighted by atomic mass is 9.96. The highest BCUT2D eigenvalue weighted by atomic mass is 35.5. The predicted molar refractivity (Wildman–Crippen MR) is 115 cm³/mol. The third-order valence-electron chi connectivity index (χ3n) is 4.06. The first kappa shape index (κ1) is 28.4. The first-order valence-electron chi connectivity index (χ1n) is 8.34. The molecule has 0 aliphatic rings. The molecular formula is C19H14Cl4F6N2O. The monoisotopic (exact) mass is 540 g/mol. The van der Waals surface area contributed by atoms with Crippen molar-refractivity contribution >= 4 is 59.2 Å². The molecule has 1 unspecified atom stereocenters. The van der Waals surface area contributed by atoms with Gasteiger partial charge in [0.05, 0.1) is 38.8 Å². The van der Waals surface area contributed by atoms with Gasteiger partial charge in [-0.05, 0) is 35.4 Å². The molecule has 0 radical (unpaired) electrons. The molecule has 0 aromatic heterocycles. The molecule has 3 N–H and O–H groups in total. The lowest BCUT2D eigenvalue weighted by Crippen LogP contribution is -2.31. The van der Waals surface area contributed by atoms with E-state index in [0.29, 0.717) is 12.1 Å². The maximum absolute atomic E-state index is 13.6. The van der Waals surface area contributed by atoms with Crippen molar-refractivity contribution in [3.8, 4) is 0 Å². The first-order valence-corrected chi connectivity index (χ1v) is 9.48. The van der Waals surface area contributed by atoms with Crippen molar-refractivity contribution < 1.29 is 31.1 Å². The number of halogens is 10. The fourth-order valence-electron chi connectivity index (χ4n) is 2.66. The summed E-state index contributed by atoms with van der Waals surface area (Å²) in [4.78, 5) is 11.8. The molecule has 0 bridgehead atoms. The van der Waals surface area contributed by atoms with Crippen LogP contribution in [0.15, 0.2) is 36.4 Å². The van der Waals surface area contributed by atoms with Crippen molar-refractivity contribution in [2.45, 2.75) is 18.3 Å². The van der Waals surface area contributed by atoms with Crippen LogP contribution in [0.5, 0.6) is 0 Å². The van der Waals surface area contributed by atoms with Gasteiger partial charge in [0.25, 0.3) is 5.91 Å². The summed E-state index contributed by atoms with van der Waals surface area (Å²) < 4.78 is 80.8. The number of nitrogens with two attached hydrogens (primary N) is 1. The van der Waals surface area contributed by atoms with Crippen LogP contribution >= 0.6 is 47.2 Å². The van der Waals surface area contributed by atoms with Crippen molar-refractivity contribution in [2.75, 3.05) is 6.67 Å². The Balaban J connectivity index is 0.00000512. The van der Waals surface area contributed by atoms with Gasteiger partial charge in [0.15, 0.2) is 0 Å². The number of benzene rings is 2. The second-order valence-electron chi connectivity index (χ2n) is 6.19.